The Kier molecular flexibility index (Phi) is 5.30. The van der Waals surface area contributed by atoms with Crippen LogP contribution < -0.4 is 0 Å². The SMILES string of the molecule is CC.O=C(O)c1ccc(Br)cc1F. The van der Waals surface area contributed by atoms with E-state index in [9.17, 15) is 9.18 Å². The van der Waals surface area contributed by atoms with Crippen LogP contribution in [0.4, 0.5) is 4.39 Å². The van der Waals surface area contributed by atoms with Gasteiger partial charge in [-0.05, 0) is 18.2 Å². The third kappa shape index (κ3) is 3.55. The molecular formula is C9H10BrFO2. The molecule has 0 fully saturated rings. The second kappa shape index (κ2) is 5.70. The van der Waals surface area contributed by atoms with Crippen LogP contribution >= 0.6 is 15.9 Å². The Bertz CT molecular complexity index is 300. The molecule has 0 aromatic heterocycles. The molecule has 1 rings (SSSR count). The molecule has 1 N–H and O–H groups in total. The molecule has 0 heterocycles. The maximum Gasteiger partial charge on any atom is 0.338 e. The zero-order chi connectivity index (χ0) is 10.4. The summed E-state index contributed by atoms with van der Waals surface area (Å²) in [6.45, 7) is 4.00. The third-order valence-electron chi connectivity index (χ3n) is 1.16. The van der Waals surface area contributed by atoms with Gasteiger partial charge in [0.25, 0.3) is 0 Å². The van der Waals surface area contributed by atoms with Crippen LogP contribution in [0.2, 0.25) is 0 Å². The second-order valence-corrected chi connectivity index (χ2v) is 2.84. The lowest BCUT2D eigenvalue weighted by Gasteiger charge is -1.95. The molecule has 0 aliphatic rings. The van der Waals surface area contributed by atoms with Gasteiger partial charge in [0.05, 0.1) is 5.56 Å². The number of halogens is 2. The van der Waals surface area contributed by atoms with Crippen molar-refractivity contribution in [2.45, 2.75) is 13.8 Å². The minimum atomic E-state index is -1.25. The Labute approximate surface area is 84.5 Å². The molecule has 72 valence electrons. The average Bonchev–Trinajstić information content (AvgIpc) is 2.07. The maximum atomic E-state index is 12.7. The van der Waals surface area contributed by atoms with Crippen LogP contribution in [-0.2, 0) is 0 Å². The van der Waals surface area contributed by atoms with Gasteiger partial charge in [0.2, 0.25) is 0 Å². The molecule has 13 heavy (non-hydrogen) atoms. The molecule has 1 aromatic rings. The van der Waals surface area contributed by atoms with E-state index >= 15 is 0 Å². The van der Waals surface area contributed by atoms with Gasteiger partial charge in [-0.1, -0.05) is 29.8 Å². The molecule has 0 bridgehead atoms. The van der Waals surface area contributed by atoms with Gasteiger partial charge < -0.3 is 5.11 Å². The fourth-order valence-corrected chi connectivity index (χ4v) is 0.996. The number of carboxylic acids is 1. The number of carboxylic acid groups (broad SMARTS) is 1. The molecule has 0 saturated heterocycles. The summed E-state index contributed by atoms with van der Waals surface area (Å²) in [5.41, 5.74) is -0.312. The van der Waals surface area contributed by atoms with E-state index in [4.69, 9.17) is 5.11 Å². The van der Waals surface area contributed by atoms with Crippen LogP contribution in [0.25, 0.3) is 0 Å². The van der Waals surface area contributed by atoms with Crippen molar-refractivity contribution in [2.24, 2.45) is 0 Å². The highest BCUT2D eigenvalue weighted by Gasteiger charge is 2.08. The van der Waals surface area contributed by atoms with Gasteiger partial charge in [-0.2, -0.15) is 0 Å². The fraction of sp³-hybridized carbons (Fsp3) is 0.222. The normalized spacial score (nSPS) is 8.62. The summed E-state index contributed by atoms with van der Waals surface area (Å²) >= 11 is 3.01. The van der Waals surface area contributed by atoms with E-state index in [1.54, 1.807) is 0 Å². The smallest absolute Gasteiger partial charge is 0.338 e. The maximum absolute atomic E-state index is 12.7. The van der Waals surface area contributed by atoms with Gasteiger partial charge in [0.15, 0.2) is 0 Å². The first-order valence-electron chi connectivity index (χ1n) is 3.79. The number of rotatable bonds is 1. The monoisotopic (exact) mass is 248 g/mol. The van der Waals surface area contributed by atoms with Gasteiger partial charge in [0, 0.05) is 4.47 Å². The standard InChI is InChI=1S/C7H4BrFO2.C2H6/c8-4-1-2-5(7(10)11)6(9)3-4;1-2/h1-3H,(H,10,11);1-2H3. The molecule has 0 saturated carbocycles. The molecule has 0 amide bonds. The highest BCUT2D eigenvalue weighted by molar-refractivity contribution is 9.10. The largest absolute Gasteiger partial charge is 0.478 e. The Hall–Kier alpha value is -0.900. The van der Waals surface area contributed by atoms with Gasteiger partial charge in [-0.3, -0.25) is 0 Å². The molecule has 0 aliphatic carbocycles. The first-order valence-corrected chi connectivity index (χ1v) is 4.59. The minimum absolute atomic E-state index is 0.312. The first kappa shape index (κ1) is 12.1. The molecule has 0 atom stereocenters. The quantitative estimate of drug-likeness (QED) is 0.828. The average molecular weight is 249 g/mol. The molecule has 0 aliphatic heterocycles. The van der Waals surface area contributed by atoms with Crippen molar-refractivity contribution in [3.63, 3.8) is 0 Å². The number of hydrogen-bond donors (Lipinski definition) is 1. The van der Waals surface area contributed by atoms with E-state index in [0.29, 0.717) is 4.47 Å². The van der Waals surface area contributed by atoms with Crippen molar-refractivity contribution in [3.8, 4) is 0 Å². The molecular weight excluding hydrogens is 239 g/mol. The molecule has 0 radical (unpaired) electrons. The van der Waals surface area contributed by atoms with Crippen LogP contribution in [0.15, 0.2) is 22.7 Å². The summed E-state index contributed by atoms with van der Waals surface area (Å²) < 4.78 is 13.2. The van der Waals surface area contributed by atoms with Crippen molar-refractivity contribution in [1.82, 2.24) is 0 Å². The summed E-state index contributed by atoms with van der Waals surface area (Å²) in [5.74, 6) is -1.98. The van der Waals surface area contributed by atoms with Gasteiger partial charge >= 0.3 is 5.97 Å². The third-order valence-corrected chi connectivity index (χ3v) is 1.65. The van der Waals surface area contributed by atoms with E-state index in [1.165, 1.54) is 12.1 Å². The first-order chi connectivity index (χ1) is 6.11. The van der Waals surface area contributed by atoms with E-state index in [-0.39, 0.29) is 5.56 Å². The summed E-state index contributed by atoms with van der Waals surface area (Å²) in [6, 6.07) is 3.80. The Morgan fingerprint density at radius 1 is 1.46 bits per heavy atom. The van der Waals surface area contributed by atoms with E-state index in [2.05, 4.69) is 15.9 Å². The predicted molar refractivity (Wildman–Crippen MR) is 52.4 cm³/mol. The Morgan fingerprint density at radius 2 is 2.00 bits per heavy atom. The van der Waals surface area contributed by atoms with E-state index < -0.39 is 11.8 Å². The molecule has 0 unspecified atom stereocenters. The zero-order valence-electron chi connectivity index (χ0n) is 7.34. The summed E-state index contributed by atoms with van der Waals surface area (Å²) in [6.07, 6.45) is 0. The minimum Gasteiger partial charge on any atom is -0.478 e. The van der Waals surface area contributed by atoms with Crippen LogP contribution in [-0.4, -0.2) is 11.1 Å². The predicted octanol–water partition coefficient (Wildman–Crippen LogP) is 3.31. The van der Waals surface area contributed by atoms with Gasteiger partial charge in [-0.25, -0.2) is 9.18 Å². The fourth-order valence-electron chi connectivity index (χ4n) is 0.663. The summed E-state index contributed by atoms with van der Waals surface area (Å²) in [7, 11) is 0. The van der Waals surface area contributed by atoms with E-state index in [0.717, 1.165) is 6.07 Å². The number of benzene rings is 1. The lowest BCUT2D eigenvalue weighted by atomic mass is 10.2. The highest BCUT2D eigenvalue weighted by Crippen LogP contribution is 2.14. The topological polar surface area (TPSA) is 37.3 Å². The van der Waals surface area contributed by atoms with Crippen molar-refractivity contribution in [2.75, 3.05) is 0 Å². The van der Waals surface area contributed by atoms with E-state index in [1.807, 2.05) is 13.8 Å². The number of hydrogen-bond acceptors (Lipinski definition) is 1. The zero-order valence-corrected chi connectivity index (χ0v) is 8.93. The van der Waals surface area contributed by atoms with Gasteiger partial charge in [0.1, 0.15) is 5.82 Å². The van der Waals surface area contributed by atoms with Crippen LogP contribution in [0, 0.1) is 5.82 Å². The lowest BCUT2D eigenvalue weighted by molar-refractivity contribution is 0.0692. The molecule has 2 nitrogen and oxygen atoms in total. The van der Waals surface area contributed by atoms with Crippen LogP contribution in [0.3, 0.4) is 0 Å². The van der Waals surface area contributed by atoms with Crippen LogP contribution in [0.5, 0.6) is 0 Å². The van der Waals surface area contributed by atoms with Crippen molar-refractivity contribution in [3.05, 3.63) is 34.1 Å². The number of carbonyl (C=O) groups is 1. The Balaban J connectivity index is 0.000000671. The van der Waals surface area contributed by atoms with Crippen molar-refractivity contribution >= 4 is 21.9 Å². The molecule has 0 spiro atoms. The van der Waals surface area contributed by atoms with Crippen LogP contribution in [0.1, 0.15) is 24.2 Å². The summed E-state index contributed by atoms with van der Waals surface area (Å²) in [5, 5.41) is 8.40. The van der Waals surface area contributed by atoms with Crippen molar-refractivity contribution < 1.29 is 14.3 Å². The summed E-state index contributed by atoms with van der Waals surface area (Å²) in [4.78, 5) is 10.3. The van der Waals surface area contributed by atoms with Crippen molar-refractivity contribution in [1.29, 1.82) is 0 Å². The number of aromatic carboxylic acids is 1. The Morgan fingerprint density at radius 3 is 2.38 bits per heavy atom. The second-order valence-electron chi connectivity index (χ2n) is 1.93. The molecule has 4 heteroatoms. The highest BCUT2D eigenvalue weighted by atomic mass is 79.9. The lowest BCUT2D eigenvalue weighted by Crippen LogP contribution is -1.99. The van der Waals surface area contributed by atoms with Gasteiger partial charge in [-0.15, -0.1) is 0 Å². The molecule has 1 aromatic carbocycles.